The summed E-state index contributed by atoms with van der Waals surface area (Å²) < 4.78 is 0. The predicted octanol–water partition coefficient (Wildman–Crippen LogP) is 4.09. The molecule has 0 aliphatic heterocycles. The molecule has 1 N–H and O–H groups in total. The van der Waals surface area contributed by atoms with E-state index in [-0.39, 0.29) is 5.91 Å². The van der Waals surface area contributed by atoms with E-state index in [0.717, 1.165) is 12.0 Å². The number of nitrogens with one attached hydrogen (secondary N) is 1. The maximum absolute atomic E-state index is 11.5. The molecule has 1 aromatic carbocycles. The molecule has 0 radical (unpaired) electrons. The van der Waals surface area contributed by atoms with Gasteiger partial charge in [0.25, 0.3) is 0 Å². The maximum atomic E-state index is 11.5. The van der Waals surface area contributed by atoms with Gasteiger partial charge in [0, 0.05) is 22.7 Å². The van der Waals surface area contributed by atoms with Crippen LogP contribution in [0.5, 0.6) is 0 Å². The van der Waals surface area contributed by atoms with Crippen LogP contribution in [-0.2, 0) is 4.79 Å². The van der Waals surface area contributed by atoms with E-state index >= 15 is 0 Å². The van der Waals surface area contributed by atoms with E-state index in [2.05, 4.69) is 5.32 Å². The van der Waals surface area contributed by atoms with Crippen molar-refractivity contribution in [3.8, 4) is 0 Å². The number of hydrogen-bond acceptors (Lipinski definition) is 1. The fraction of sp³-hybridized carbons (Fsp3) is 0.214. The summed E-state index contributed by atoms with van der Waals surface area (Å²) in [5, 5.41) is 3.88. The first-order chi connectivity index (χ1) is 8.63. The van der Waals surface area contributed by atoms with Gasteiger partial charge in [-0.2, -0.15) is 0 Å². The zero-order chi connectivity index (χ0) is 13.4. The lowest BCUT2D eigenvalue weighted by atomic mass is 10.2. The smallest absolute Gasteiger partial charge is 0.244 e. The van der Waals surface area contributed by atoms with Crippen molar-refractivity contribution in [2.45, 2.75) is 13.3 Å². The minimum absolute atomic E-state index is 0.134. The molecule has 18 heavy (non-hydrogen) atoms. The number of rotatable bonds is 5. The van der Waals surface area contributed by atoms with Crippen molar-refractivity contribution in [3.63, 3.8) is 0 Å². The van der Waals surface area contributed by atoms with Gasteiger partial charge >= 0.3 is 0 Å². The molecule has 0 saturated heterocycles. The van der Waals surface area contributed by atoms with Crippen molar-refractivity contribution < 1.29 is 4.79 Å². The SMILES string of the molecule is C/C=C/CCNC(=O)/C=C/c1ccc(Cl)cc1Cl. The standard InChI is InChI=1S/C14H15Cl2NO/c1-2-3-4-9-17-14(18)8-6-11-5-7-12(15)10-13(11)16/h2-3,5-8,10H,4,9H2,1H3,(H,17,18)/b3-2+,8-6+. The Balaban J connectivity index is 2.50. The summed E-state index contributed by atoms with van der Waals surface area (Å²) in [6.45, 7) is 2.58. The fourth-order valence-electron chi connectivity index (χ4n) is 1.31. The summed E-state index contributed by atoms with van der Waals surface area (Å²) in [6, 6.07) is 5.15. The third kappa shape index (κ3) is 5.39. The van der Waals surface area contributed by atoms with Crippen LogP contribution >= 0.6 is 23.2 Å². The summed E-state index contributed by atoms with van der Waals surface area (Å²) in [6.07, 6.45) is 7.92. The second-order valence-corrected chi connectivity index (χ2v) is 4.49. The molecular weight excluding hydrogens is 269 g/mol. The van der Waals surface area contributed by atoms with Crippen LogP contribution in [0.25, 0.3) is 6.08 Å². The molecule has 0 atom stereocenters. The average molecular weight is 284 g/mol. The van der Waals surface area contributed by atoms with Crippen LogP contribution < -0.4 is 5.32 Å². The van der Waals surface area contributed by atoms with Crippen LogP contribution in [0.2, 0.25) is 10.0 Å². The van der Waals surface area contributed by atoms with Gasteiger partial charge in [0.2, 0.25) is 5.91 Å². The van der Waals surface area contributed by atoms with E-state index in [9.17, 15) is 4.79 Å². The highest BCUT2D eigenvalue weighted by Gasteiger charge is 1.98. The van der Waals surface area contributed by atoms with Crippen molar-refractivity contribution in [1.29, 1.82) is 0 Å². The summed E-state index contributed by atoms with van der Waals surface area (Å²) in [5.41, 5.74) is 0.768. The van der Waals surface area contributed by atoms with Crippen LogP contribution in [0.3, 0.4) is 0 Å². The van der Waals surface area contributed by atoms with Crippen molar-refractivity contribution in [2.24, 2.45) is 0 Å². The molecule has 2 nitrogen and oxygen atoms in total. The number of carbonyl (C=O) groups excluding carboxylic acids is 1. The summed E-state index contributed by atoms with van der Waals surface area (Å²) >= 11 is 11.8. The number of benzene rings is 1. The topological polar surface area (TPSA) is 29.1 Å². The van der Waals surface area contributed by atoms with Crippen molar-refractivity contribution in [2.75, 3.05) is 6.54 Å². The summed E-state index contributed by atoms with van der Waals surface area (Å²) in [7, 11) is 0. The third-order valence-electron chi connectivity index (χ3n) is 2.22. The Labute approximate surface area is 117 Å². The minimum Gasteiger partial charge on any atom is -0.352 e. The van der Waals surface area contributed by atoms with Gasteiger partial charge in [-0.05, 0) is 37.1 Å². The molecule has 0 spiro atoms. The number of halogens is 2. The molecule has 0 bridgehead atoms. The lowest BCUT2D eigenvalue weighted by Gasteiger charge is -2.00. The largest absolute Gasteiger partial charge is 0.352 e. The summed E-state index contributed by atoms with van der Waals surface area (Å²) in [5.74, 6) is -0.134. The Morgan fingerprint density at radius 2 is 2.17 bits per heavy atom. The van der Waals surface area contributed by atoms with E-state index in [1.54, 1.807) is 24.3 Å². The Morgan fingerprint density at radius 1 is 1.39 bits per heavy atom. The number of amides is 1. The Bertz CT molecular complexity index is 467. The maximum Gasteiger partial charge on any atom is 0.244 e. The molecule has 1 aromatic rings. The van der Waals surface area contributed by atoms with Crippen LogP contribution in [-0.4, -0.2) is 12.5 Å². The summed E-state index contributed by atoms with van der Waals surface area (Å²) in [4.78, 5) is 11.5. The lowest BCUT2D eigenvalue weighted by molar-refractivity contribution is -0.116. The number of carbonyl (C=O) groups is 1. The highest BCUT2D eigenvalue weighted by molar-refractivity contribution is 6.35. The number of hydrogen-bond donors (Lipinski definition) is 1. The average Bonchev–Trinajstić information content (AvgIpc) is 2.33. The predicted molar refractivity (Wildman–Crippen MR) is 77.9 cm³/mol. The van der Waals surface area contributed by atoms with Crippen molar-refractivity contribution in [3.05, 3.63) is 52.0 Å². The molecule has 0 fully saturated rings. The third-order valence-corrected chi connectivity index (χ3v) is 2.79. The zero-order valence-electron chi connectivity index (χ0n) is 10.1. The van der Waals surface area contributed by atoms with E-state index in [4.69, 9.17) is 23.2 Å². The molecule has 1 amide bonds. The van der Waals surface area contributed by atoms with Gasteiger partial charge in [-0.15, -0.1) is 0 Å². The van der Waals surface area contributed by atoms with Gasteiger partial charge in [-0.25, -0.2) is 0 Å². The lowest BCUT2D eigenvalue weighted by Crippen LogP contribution is -2.21. The van der Waals surface area contributed by atoms with E-state index in [1.807, 2.05) is 19.1 Å². The molecule has 0 aromatic heterocycles. The first kappa shape index (κ1) is 14.8. The van der Waals surface area contributed by atoms with Crippen molar-refractivity contribution in [1.82, 2.24) is 5.32 Å². The normalized spacial score (nSPS) is 11.3. The van der Waals surface area contributed by atoms with E-state index in [1.165, 1.54) is 6.08 Å². The molecule has 0 aliphatic carbocycles. The van der Waals surface area contributed by atoms with Gasteiger partial charge in [0.05, 0.1) is 0 Å². The van der Waals surface area contributed by atoms with Gasteiger partial charge in [-0.1, -0.05) is 41.4 Å². The van der Waals surface area contributed by atoms with E-state index in [0.29, 0.717) is 16.6 Å². The second-order valence-electron chi connectivity index (χ2n) is 3.65. The molecule has 0 unspecified atom stereocenters. The zero-order valence-corrected chi connectivity index (χ0v) is 11.6. The first-order valence-electron chi connectivity index (χ1n) is 5.65. The molecule has 0 aliphatic rings. The van der Waals surface area contributed by atoms with E-state index < -0.39 is 0 Å². The quantitative estimate of drug-likeness (QED) is 0.492. The van der Waals surface area contributed by atoms with Gasteiger partial charge in [-0.3, -0.25) is 4.79 Å². The highest BCUT2D eigenvalue weighted by atomic mass is 35.5. The van der Waals surface area contributed by atoms with Gasteiger partial charge in [0.15, 0.2) is 0 Å². The monoisotopic (exact) mass is 283 g/mol. The Hall–Kier alpha value is -1.25. The molecule has 4 heteroatoms. The van der Waals surface area contributed by atoms with Crippen LogP contribution in [0, 0.1) is 0 Å². The molecule has 0 saturated carbocycles. The van der Waals surface area contributed by atoms with Crippen LogP contribution in [0.1, 0.15) is 18.9 Å². The molecule has 0 heterocycles. The number of allylic oxidation sites excluding steroid dienone is 1. The molecular formula is C14H15Cl2NO. The van der Waals surface area contributed by atoms with Crippen LogP contribution in [0.15, 0.2) is 36.4 Å². The second kappa shape index (κ2) is 7.96. The Kier molecular flexibility index (Phi) is 6.55. The van der Waals surface area contributed by atoms with Gasteiger partial charge in [0.1, 0.15) is 0 Å². The van der Waals surface area contributed by atoms with Crippen LogP contribution in [0.4, 0.5) is 0 Å². The highest BCUT2D eigenvalue weighted by Crippen LogP contribution is 2.21. The minimum atomic E-state index is -0.134. The first-order valence-corrected chi connectivity index (χ1v) is 6.41. The molecule has 1 rings (SSSR count). The van der Waals surface area contributed by atoms with Crippen molar-refractivity contribution >= 4 is 35.2 Å². The fourth-order valence-corrected chi connectivity index (χ4v) is 1.78. The molecule has 96 valence electrons. The Morgan fingerprint density at radius 3 is 2.83 bits per heavy atom. The van der Waals surface area contributed by atoms with Gasteiger partial charge < -0.3 is 5.32 Å².